The number of ether oxygens (including phenoxy) is 3. The Morgan fingerprint density at radius 1 is 0.276 bits per heavy atom. The van der Waals surface area contributed by atoms with Gasteiger partial charge >= 0.3 is 17.9 Å². The molecule has 0 spiro atoms. The number of esters is 3. The van der Waals surface area contributed by atoms with Gasteiger partial charge in [0.1, 0.15) is 13.2 Å². The first kappa shape index (κ1) is 73.1. The Bertz CT molecular complexity index is 1360. The van der Waals surface area contributed by atoms with Crippen LogP contribution in [0, 0.1) is 0 Å². The van der Waals surface area contributed by atoms with Crippen LogP contribution in [0.2, 0.25) is 0 Å². The average Bonchev–Trinajstić information content (AvgIpc) is 3.42. The molecule has 76 heavy (non-hydrogen) atoms. The van der Waals surface area contributed by atoms with Gasteiger partial charge in [-0.1, -0.05) is 326 Å². The summed E-state index contributed by atoms with van der Waals surface area (Å²) in [5.41, 5.74) is 0. The fourth-order valence-electron chi connectivity index (χ4n) is 9.83. The molecule has 1 atom stereocenters. The lowest BCUT2D eigenvalue weighted by Gasteiger charge is -2.18. The Labute approximate surface area is 472 Å². The van der Waals surface area contributed by atoms with Crippen molar-refractivity contribution >= 4 is 17.9 Å². The van der Waals surface area contributed by atoms with Crippen LogP contribution in [-0.2, 0) is 28.6 Å². The molecule has 0 aromatic rings. The van der Waals surface area contributed by atoms with Gasteiger partial charge in [-0.3, -0.25) is 14.4 Å². The summed E-state index contributed by atoms with van der Waals surface area (Å²) in [7, 11) is 0. The average molecular weight is 1060 g/mol. The number of hydrogen-bond acceptors (Lipinski definition) is 6. The largest absolute Gasteiger partial charge is 0.462 e. The molecule has 0 saturated carbocycles. The smallest absolute Gasteiger partial charge is 0.306 e. The van der Waals surface area contributed by atoms with E-state index in [1.807, 2.05) is 0 Å². The SMILES string of the molecule is CC/C=C\C/C=C\C/C=C\C/C=C\C/C=C\CCCCCCCCCCCCCC(=O)OCC(COC(=O)CCCCCCCCCCCC)OC(=O)CCCCCCCCCCCCCCCCCCCCCCC. The molecule has 0 aromatic heterocycles. The molecule has 0 rings (SSSR count). The van der Waals surface area contributed by atoms with Crippen molar-refractivity contribution in [2.75, 3.05) is 13.2 Å². The molecule has 0 amide bonds. The van der Waals surface area contributed by atoms with Crippen LogP contribution in [0.25, 0.3) is 0 Å². The molecule has 0 bridgehead atoms. The summed E-state index contributed by atoms with van der Waals surface area (Å²) >= 11 is 0. The van der Waals surface area contributed by atoms with Crippen molar-refractivity contribution in [1.29, 1.82) is 0 Å². The molecule has 442 valence electrons. The third kappa shape index (κ3) is 62.0. The van der Waals surface area contributed by atoms with Crippen LogP contribution in [-0.4, -0.2) is 37.2 Å². The Hall–Kier alpha value is -2.89. The highest BCUT2D eigenvalue weighted by atomic mass is 16.6. The summed E-state index contributed by atoms with van der Waals surface area (Å²) in [6.07, 6.45) is 82.4. The first-order chi connectivity index (χ1) is 37.5. The zero-order valence-corrected chi connectivity index (χ0v) is 50.8. The van der Waals surface area contributed by atoms with E-state index in [0.29, 0.717) is 19.3 Å². The molecule has 0 fully saturated rings. The maximum Gasteiger partial charge on any atom is 0.306 e. The molecule has 0 heterocycles. The lowest BCUT2D eigenvalue weighted by molar-refractivity contribution is -0.167. The van der Waals surface area contributed by atoms with Crippen molar-refractivity contribution in [3.8, 4) is 0 Å². The monoisotopic (exact) mass is 1060 g/mol. The van der Waals surface area contributed by atoms with E-state index >= 15 is 0 Å². The highest BCUT2D eigenvalue weighted by Gasteiger charge is 2.19. The number of unbranched alkanes of at least 4 members (excludes halogenated alkanes) is 40. The zero-order valence-electron chi connectivity index (χ0n) is 50.8. The van der Waals surface area contributed by atoms with Crippen LogP contribution in [0.5, 0.6) is 0 Å². The van der Waals surface area contributed by atoms with E-state index in [-0.39, 0.29) is 31.1 Å². The fraction of sp³-hybridized carbons (Fsp3) is 0.814. The van der Waals surface area contributed by atoms with E-state index in [9.17, 15) is 14.4 Å². The Kier molecular flexibility index (Phi) is 62.2. The molecule has 6 heteroatoms. The molecule has 0 N–H and O–H groups in total. The van der Waals surface area contributed by atoms with E-state index in [1.165, 1.54) is 218 Å². The minimum absolute atomic E-state index is 0.0694. The second kappa shape index (κ2) is 64.6. The third-order valence-corrected chi connectivity index (χ3v) is 14.8. The second-order valence-corrected chi connectivity index (χ2v) is 22.4. The number of rotatable bonds is 61. The molecule has 1 unspecified atom stereocenters. The van der Waals surface area contributed by atoms with Gasteiger partial charge in [0.2, 0.25) is 0 Å². The Morgan fingerprint density at radius 2 is 0.513 bits per heavy atom. The molecule has 0 aliphatic heterocycles. The number of allylic oxidation sites excluding steroid dienone is 10. The van der Waals surface area contributed by atoms with E-state index in [2.05, 4.69) is 81.5 Å². The predicted molar refractivity (Wildman–Crippen MR) is 330 cm³/mol. The van der Waals surface area contributed by atoms with Crippen molar-refractivity contribution in [2.45, 2.75) is 354 Å². The van der Waals surface area contributed by atoms with Gasteiger partial charge in [0.15, 0.2) is 6.10 Å². The van der Waals surface area contributed by atoms with Gasteiger partial charge in [0.25, 0.3) is 0 Å². The van der Waals surface area contributed by atoms with E-state index < -0.39 is 6.10 Å². The molecule has 0 aliphatic carbocycles. The molecule has 0 radical (unpaired) electrons. The van der Waals surface area contributed by atoms with Crippen LogP contribution in [0.15, 0.2) is 60.8 Å². The highest BCUT2D eigenvalue weighted by Crippen LogP contribution is 2.18. The third-order valence-electron chi connectivity index (χ3n) is 14.8. The van der Waals surface area contributed by atoms with Crippen molar-refractivity contribution in [3.05, 3.63) is 60.8 Å². The first-order valence-electron chi connectivity index (χ1n) is 33.3. The zero-order chi connectivity index (χ0) is 55.0. The van der Waals surface area contributed by atoms with Gasteiger partial charge in [-0.05, 0) is 64.2 Å². The summed E-state index contributed by atoms with van der Waals surface area (Å²) in [6, 6.07) is 0. The summed E-state index contributed by atoms with van der Waals surface area (Å²) in [4.78, 5) is 38.3. The van der Waals surface area contributed by atoms with Crippen molar-refractivity contribution in [1.82, 2.24) is 0 Å². The van der Waals surface area contributed by atoms with E-state index in [4.69, 9.17) is 14.2 Å². The number of hydrogen-bond donors (Lipinski definition) is 0. The van der Waals surface area contributed by atoms with Crippen LogP contribution < -0.4 is 0 Å². The normalized spacial score (nSPS) is 12.4. The molecular formula is C70H126O6. The topological polar surface area (TPSA) is 78.9 Å². The summed E-state index contributed by atoms with van der Waals surface area (Å²) in [5, 5.41) is 0. The van der Waals surface area contributed by atoms with Crippen molar-refractivity contribution in [2.24, 2.45) is 0 Å². The van der Waals surface area contributed by atoms with Crippen LogP contribution in [0.4, 0.5) is 0 Å². The van der Waals surface area contributed by atoms with E-state index in [1.54, 1.807) is 0 Å². The van der Waals surface area contributed by atoms with Crippen molar-refractivity contribution in [3.63, 3.8) is 0 Å². The summed E-state index contributed by atoms with van der Waals surface area (Å²) < 4.78 is 16.9. The lowest BCUT2D eigenvalue weighted by Crippen LogP contribution is -2.30. The van der Waals surface area contributed by atoms with Gasteiger partial charge in [-0.15, -0.1) is 0 Å². The Balaban J connectivity index is 4.19. The van der Waals surface area contributed by atoms with Crippen LogP contribution in [0.3, 0.4) is 0 Å². The maximum atomic E-state index is 12.9. The maximum absolute atomic E-state index is 12.9. The van der Waals surface area contributed by atoms with Gasteiger partial charge in [0, 0.05) is 19.3 Å². The minimum atomic E-state index is -0.771. The van der Waals surface area contributed by atoms with Gasteiger partial charge in [-0.2, -0.15) is 0 Å². The summed E-state index contributed by atoms with van der Waals surface area (Å²) in [6.45, 7) is 6.57. The van der Waals surface area contributed by atoms with Gasteiger partial charge < -0.3 is 14.2 Å². The van der Waals surface area contributed by atoms with Crippen LogP contribution >= 0.6 is 0 Å². The molecular weight excluding hydrogens is 937 g/mol. The Morgan fingerprint density at radius 3 is 0.803 bits per heavy atom. The number of carbonyl (C=O) groups is 3. The van der Waals surface area contributed by atoms with Crippen LogP contribution in [0.1, 0.15) is 348 Å². The lowest BCUT2D eigenvalue weighted by atomic mass is 10.0. The highest BCUT2D eigenvalue weighted by molar-refractivity contribution is 5.71. The summed E-state index contributed by atoms with van der Waals surface area (Å²) in [5.74, 6) is -0.852. The van der Waals surface area contributed by atoms with Crippen molar-refractivity contribution < 1.29 is 28.6 Å². The predicted octanol–water partition coefficient (Wildman–Crippen LogP) is 22.7. The minimum Gasteiger partial charge on any atom is -0.462 e. The molecule has 6 nitrogen and oxygen atoms in total. The second-order valence-electron chi connectivity index (χ2n) is 22.4. The van der Waals surface area contributed by atoms with E-state index in [0.717, 1.165) is 89.9 Å². The fourth-order valence-corrected chi connectivity index (χ4v) is 9.83. The van der Waals surface area contributed by atoms with Gasteiger partial charge in [0.05, 0.1) is 0 Å². The standard InChI is InChI=1S/C70H126O6/c1-4-7-10-13-16-19-22-24-26-28-30-32-33-34-35-36-37-39-40-42-44-46-48-51-54-57-60-63-69(72)75-66-67(65-74-68(71)62-59-56-53-50-21-18-15-12-9-6-3)76-70(73)64-61-58-55-52-49-47-45-43-41-38-31-29-27-25-23-20-17-14-11-8-5-2/h7,10,16,19,24,26,30,32,34-35,67H,4-6,8-9,11-15,17-18,20-23,25,27-29,31,33,36-66H2,1-3H3/b10-7-,19-16-,26-24-,32-30-,35-34-. The molecule has 0 aromatic carbocycles. The number of carbonyl (C=O) groups excluding carboxylic acids is 3. The quantitative estimate of drug-likeness (QED) is 0.0261. The first-order valence-corrected chi connectivity index (χ1v) is 33.3. The molecule has 0 saturated heterocycles. The van der Waals surface area contributed by atoms with Gasteiger partial charge in [-0.25, -0.2) is 0 Å². The molecule has 0 aliphatic rings.